The van der Waals surface area contributed by atoms with Crippen molar-refractivity contribution in [3.05, 3.63) is 71.0 Å². The van der Waals surface area contributed by atoms with Gasteiger partial charge in [-0.25, -0.2) is 4.39 Å². The van der Waals surface area contributed by atoms with Crippen molar-refractivity contribution in [1.82, 2.24) is 10.2 Å². The molecule has 7 heteroatoms. The van der Waals surface area contributed by atoms with E-state index in [1.807, 2.05) is 30.0 Å². The van der Waals surface area contributed by atoms with Crippen LogP contribution in [-0.4, -0.2) is 67.1 Å². The maximum absolute atomic E-state index is 13.7. The van der Waals surface area contributed by atoms with Crippen molar-refractivity contribution in [2.75, 3.05) is 32.9 Å². The van der Waals surface area contributed by atoms with Crippen molar-refractivity contribution >= 4 is 5.91 Å². The van der Waals surface area contributed by atoms with E-state index in [0.717, 1.165) is 17.5 Å². The fourth-order valence-electron chi connectivity index (χ4n) is 4.79. The molecule has 2 aromatic rings. The first-order valence-corrected chi connectivity index (χ1v) is 11.3. The molecule has 32 heavy (non-hydrogen) atoms. The quantitative estimate of drug-likeness (QED) is 0.689. The van der Waals surface area contributed by atoms with Crippen molar-refractivity contribution in [3.8, 4) is 0 Å². The fraction of sp³-hybridized carbons (Fsp3) is 0.480. The zero-order valence-electron chi connectivity index (χ0n) is 18.4. The van der Waals surface area contributed by atoms with Crippen LogP contribution in [-0.2, 0) is 20.7 Å². The Bertz CT molecular complexity index is 907. The fourth-order valence-corrected chi connectivity index (χ4v) is 4.79. The molecule has 2 N–H and O–H groups in total. The highest BCUT2D eigenvalue weighted by Gasteiger charge is 2.40. The summed E-state index contributed by atoms with van der Waals surface area (Å²) in [6.07, 6.45) is 0.472. The van der Waals surface area contributed by atoms with Crippen LogP contribution in [0.3, 0.4) is 0 Å². The van der Waals surface area contributed by atoms with E-state index in [1.54, 1.807) is 12.1 Å². The zero-order valence-corrected chi connectivity index (χ0v) is 18.4. The third-order valence-electron chi connectivity index (χ3n) is 6.31. The van der Waals surface area contributed by atoms with Gasteiger partial charge in [0.15, 0.2) is 0 Å². The number of halogens is 1. The molecular weight excluding hydrogens is 411 g/mol. The van der Waals surface area contributed by atoms with Crippen LogP contribution in [0.5, 0.6) is 0 Å². The molecule has 2 aliphatic heterocycles. The minimum atomic E-state index is -0.601. The first kappa shape index (κ1) is 22.9. The predicted octanol–water partition coefficient (Wildman–Crippen LogP) is 2.44. The molecule has 2 aliphatic rings. The number of nitrogens with zero attached hydrogens (tertiary/aromatic N) is 1. The Hall–Kier alpha value is -2.32. The van der Waals surface area contributed by atoms with Crippen molar-refractivity contribution in [1.29, 1.82) is 0 Å². The number of nitrogens with one attached hydrogen (secondary N) is 1. The number of amides is 1. The van der Waals surface area contributed by atoms with Gasteiger partial charge in [0.1, 0.15) is 11.9 Å². The van der Waals surface area contributed by atoms with Gasteiger partial charge >= 0.3 is 0 Å². The van der Waals surface area contributed by atoms with Crippen LogP contribution >= 0.6 is 0 Å². The number of rotatable bonds is 7. The van der Waals surface area contributed by atoms with Crippen LogP contribution in [0.2, 0.25) is 0 Å². The minimum Gasteiger partial charge on any atom is -0.395 e. The Kier molecular flexibility index (Phi) is 7.52. The number of fused-ring (bicyclic) bond motifs is 1. The highest BCUT2D eigenvalue weighted by molar-refractivity contribution is 5.82. The molecule has 0 bridgehead atoms. The summed E-state index contributed by atoms with van der Waals surface area (Å²) in [5.74, 6) is -0.370. The summed E-state index contributed by atoms with van der Waals surface area (Å²) in [5.41, 5.74) is 3.15. The number of ether oxygens (including phenoxy) is 2. The summed E-state index contributed by atoms with van der Waals surface area (Å²) in [4.78, 5) is 15.6. The van der Waals surface area contributed by atoms with Gasteiger partial charge in [-0.05, 0) is 42.2 Å². The first-order valence-electron chi connectivity index (χ1n) is 11.3. The van der Waals surface area contributed by atoms with E-state index >= 15 is 0 Å². The molecule has 6 nitrogen and oxygen atoms in total. The van der Waals surface area contributed by atoms with E-state index in [1.165, 1.54) is 17.7 Å². The summed E-state index contributed by atoms with van der Waals surface area (Å²) < 4.78 is 25.4. The highest BCUT2D eigenvalue weighted by atomic mass is 19.1. The minimum absolute atomic E-state index is 0.0182. The van der Waals surface area contributed by atoms with Gasteiger partial charge in [-0.3, -0.25) is 4.79 Å². The van der Waals surface area contributed by atoms with Crippen LogP contribution in [0.25, 0.3) is 0 Å². The summed E-state index contributed by atoms with van der Waals surface area (Å²) in [7, 11) is 0. The van der Waals surface area contributed by atoms with E-state index in [-0.39, 0.29) is 36.5 Å². The lowest BCUT2D eigenvalue weighted by molar-refractivity contribution is -0.158. The molecule has 2 aromatic carbocycles. The van der Waals surface area contributed by atoms with Crippen LogP contribution in [0.15, 0.2) is 48.5 Å². The van der Waals surface area contributed by atoms with Crippen molar-refractivity contribution < 1.29 is 23.8 Å². The molecule has 4 rings (SSSR count). The van der Waals surface area contributed by atoms with Crippen LogP contribution in [0.1, 0.15) is 36.1 Å². The lowest BCUT2D eigenvalue weighted by Gasteiger charge is -2.42. The van der Waals surface area contributed by atoms with Crippen LogP contribution in [0.4, 0.5) is 4.39 Å². The molecule has 0 aliphatic carbocycles. The second kappa shape index (κ2) is 10.5. The molecule has 172 valence electrons. The summed E-state index contributed by atoms with van der Waals surface area (Å²) in [6, 6.07) is 14.1. The largest absolute Gasteiger partial charge is 0.395 e. The van der Waals surface area contributed by atoms with E-state index in [4.69, 9.17) is 9.47 Å². The molecule has 2 heterocycles. The Labute approximate surface area is 188 Å². The Morgan fingerprint density at radius 2 is 2.03 bits per heavy atom. The lowest BCUT2D eigenvalue weighted by Crippen LogP contribution is -2.56. The SMILES string of the molecule is CCO[C@H]1CO[C@@H](C(=O)N2CCc3ccccc3[C@@H]2c2ccc(F)cc2)C[C@@H]1NCCO. The van der Waals surface area contributed by atoms with Crippen molar-refractivity contribution in [2.24, 2.45) is 0 Å². The Morgan fingerprint density at radius 1 is 1.25 bits per heavy atom. The topological polar surface area (TPSA) is 71.0 Å². The Morgan fingerprint density at radius 3 is 2.78 bits per heavy atom. The molecule has 0 saturated carbocycles. The van der Waals surface area contributed by atoms with Crippen LogP contribution in [0, 0.1) is 5.82 Å². The number of carbonyl (C=O) groups is 1. The van der Waals surface area contributed by atoms with Gasteiger partial charge in [-0.1, -0.05) is 36.4 Å². The van der Waals surface area contributed by atoms with Gasteiger partial charge in [-0.15, -0.1) is 0 Å². The van der Waals surface area contributed by atoms with E-state index < -0.39 is 6.10 Å². The number of benzene rings is 2. The van der Waals surface area contributed by atoms with E-state index in [9.17, 15) is 14.3 Å². The number of aliphatic hydroxyl groups excluding tert-OH is 1. The van der Waals surface area contributed by atoms with Crippen LogP contribution < -0.4 is 5.32 Å². The molecule has 0 radical (unpaired) electrons. The maximum atomic E-state index is 13.7. The van der Waals surface area contributed by atoms with Crippen molar-refractivity contribution in [3.63, 3.8) is 0 Å². The molecular formula is C25H31FN2O4. The monoisotopic (exact) mass is 442 g/mol. The molecule has 0 spiro atoms. The van der Waals surface area contributed by atoms with E-state index in [0.29, 0.717) is 32.7 Å². The standard InChI is InChI=1S/C25H31FN2O4/c1-2-31-23-16-32-22(15-21(23)27-12-14-29)25(30)28-13-11-17-5-3-4-6-20(17)24(28)18-7-9-19(26)10-8-18/h3-10,21-24,27,29H,2,11-16H2,1H3/t21-,22+,23-,24-/m0/s1. The van der Waals surface area contributed by atoms with Gasteiger partial charge < -0.3 is 24.8 Å². The summed E-state index contributed by atoms with van der Waals surface area (Å²) in [6.45, 7) is 3.83. The van der Waals surface area contributed by atoms with Gasteiger partial charge in [0.2, 0.25) is 0 Å². The number of hydrogen-bond donors (Lipinski definition) is 2. The number of hydrogen-bond acceptors (Lipinski definition) is 5. The number of aliphatic hydroxyl groups is 1. The zero-order chi connectivity index (χ0) is 22.5. The van der Waals surface area contributed by atoms with Gasteiger partial charge in [-0.2, -0.15) is 0 Å². The Balaban J connectivity index is 1.59. The molecule has 1 amide bonds. The second-order valence-electron chi connectivity index (χ2n) is 8.27. The normalized spacial score (nSPS) is 25.4. The third kappa shape index (κ3) is 4.86. The molecule has 1 saturated heterocycles. The smallest absolute Gasteiger partial charge is 0.252 e. The van der Waals surface area contributed by atoms with Gasteiger partial charge in [0.25, 0.3) is 5.91 Å². The van der Waals surface area contributed by atoms with Gasteiger partial charge in [0, 0.05) is 32.2 Å². The van der Waals surface area contributed by atoms with E-state index in [2.05, 4.69) is 11.4 Å². The van der Waals surface area contributed by atoms with Gasteiger partial charge in [0.05, 0.1) is 25.4 Å². The average molecular weight is 443 g/mol. The third-order valence-corrected chi connectivity index (χ3v) is 6.31. The predicted molar refractivity (Wildman–Crippen MR) is 119 cm³/mol. The highest BCUT2D eigenvalue weighted by Crippen LogP contribution is 2.36. The summed E-state index contributed by atoms with van der Waals surface area (Å²) >= 11 is 0. The molecule has 1 fully saturated rings. The second-order valence-corrected chi connectivity index (χ2v) is 8.27. The average Bonchev–Trinajstić information content (AvgIpc) is 2.83. The molecule has 0 aromatic heterocycles. The lowest BCUT2D eigenvalue weighted by atomic mass is 9.87. The first-order chi connectivity index (χ1) is 15.6. The number of carbonyl (C=O) groups excluding carboxylic acids is 1. The van der Waals surface area contributed by atoms with Crippen molar-refractivity contribution in [2.45, 2.75) is 44.1 Å². The molecule has 0 unspecified atom stereocenters. The summed E-state index contributed by atoms with van der Waals surface area (Å²) in [5, 5.41) is 12.5. The molecule has 4 atom stereocenters. The maximum Gasteiger partial charge on any atom is 0.252 e.